The van der Waals surface area contributed by atoms with E-state index in [0.717, 1.165) is 35.6 Å². The molecule has 4 aromatic heterocycles. The quantitative estimate of drug-likeness (QED) is 0.404. The van der Waals surface area contributed by atoms with Crippen LogP contribution in [-0.4, -0.2) is 55.5 Å². The Labute approximate surface area is 215 Å². The van der Waals surface area contributed by atoms with Gasteiger partial charge in [-0.1, -0.05) is 20.8 Å². The second kappa shape index (κ2) is 9.47. The van der Waals surface area contributed by atoms with Gasteiger partial charge in [-0.3, -0.25) is 14.5 Å². The van der Waals surface area contributed by atoms with Crippen molar-refractivity contribution in [2.75, 3.05) is 25.6 Å². The second-order valence-electron chi connectivity index (χ2n) is 10.2. The van der Waals surface area contributed by atoms with Crippen LogP contribution < -0.4 is 15.4 Å². The number of ether oxygens (including phenoxy) is 2. The van der Waals surface area contributed by atoms with Gasteiger partial charge in [0.15, 0.2) is 17.2 Å². The van der Waals surface area contributed by atoms with Crippen LogP contribution in [-0.2, 0) is 17.2 Å². The lowest BCUT2D eigenvalue weighted by atomic mass is 9.91. The number of carbonyl (C=O) groups is 1. The number of carbonyl (C=O) groups excluding carboxylic acids is 1. The van der Waals surface area contributed by atoms with Gasteiger partial charge in [0.05, 0.1) is 24.4 Å². The lowest BCUT2D eigenvalue weighted by molar-refractivity contribution is 0.0958. The van der Waals surface area contributed by atoms with Crippen LogP contribution in [0.5, 0.6) is 11.5 Å². The number of imidazole rings is 1. The highest BCUT2D eigenvalue weighted by atomic mass is 16.5. The van der Waals surface area contributed by atoms with Gasteiger partial charge in [0.1, 0.15) is 11.4 Å². The number of fused-ring (bicyclic) bond motifs is 1. The molecule has 37 heavy (non-hydrogen) atoms. The average molecular weight is 505 g/mol. The maximum absolute atomic E-state index is 11.9. The molecule has 194 valence electrons. The van der Waals surface area contributed by atoms with E-state index in [0.29, 0.717) is 29.7 Å². The molecule has 1 aliphatic rings. The van der Waals surface area contributed by atoms with Crippen molar-refractivity contribution in [2.45, 2.75) is 45.6 Å². The van der Waals surface area contributed by atoms with E-state index >= 15 is 0 Å². The SMILES string of the molecule is CNC(=O)c1cc(Oc2cnc3nc(Nc4cc(C(C)(C)C)n(C5CCOC5)n4)n(C)c3c2C)ccn1. The van der Waals surface area contributed by atoms with Crippen LogP contribution >= 0.6 is 0 Å². The summed E-state index contributed by atoms with van der Waals surface area (Å²) in [5.41, 5.74) is 3.64. The fourth-order valence-corrected chi connectivity index (χ4v) is 4.52. The molecule has 0 aromatic carbocycles. The van der Waals surface area contributed by atoms with Crippen LogP contribution in [0.2, 0.25) is 0 Å². The van der Waals surface area contributed by atoms with E-state index in [1.165, 1.54) is 6.20 Å². The summed E-state index contributed by atoms with van der Waals surface area (Å²) in [5, 5.41) is 10.8. The number of rotatable bonds is 6. The Morgan fingerprint density at radius 3 is 2.76 bits per heavy atom. The second-order valence-corrected chi connectivity index (χ2v) is 10.2. The van der Waals surface area contributed by atoms with Crippen molar-refractivity contribution in [3.63, 3.8) is 0 Å². The topological polar surface area (TPSA) is 121 Å². The van der Waals surface area contributed by atoms with Crippen molar-refractivity contribution in [3.8, 4) is 11.5 Å². The van der Waals surface area contributed by atoms with Crippen molar-refractivity contribution < 1.29 is 14.3 Å². The lowest BCUT2D eigenvalue weighted by Gasteiger charge is -2.22. The Morgan fingerprint density at radius 1 is 1.24 bits per heavy atom. The Balaban J connectivity index is 1.45. The smallest absolute Gasteiger partial charge is 0.269 e. The van der Waals surface area contributed by atoms with E-state index in [1.54, 1.807) is 25.4 Å². The van der Waals surface area contributed by atoms with Gasteiger partial charge in [-0.25, -0.2) is 4.98 Å². The van der Waals surface area contributed by atoms with E-state index in [9.17, 15) is 4.79 Å². The van der Waals surface area contributed by atoms with Crippen molar-refractivity contribution in [1.82, 2.24) is 34.6 Å². The predicted octanol–water partition coefficient (Wildman–Crippen LogP) is 4.02. The summed E-state index contributed by atoms with van der Waals surface area (Å²) < 4.78 is 15.7. The number of aryl methyl sites for hydroxylation is 2. The number of nitrogens with one attached hydrogen (secondary N) is 2. The van der Waals surface area contributed by atoms with Gasteiger partial charge in [-0.05, 0) is 19.4 Å². The molecule has 1 saturated heterocycles. The zero-order valence-electron chi connectivity index (χ0n) is 22.0. The van der Waals surface area contributed by atoms with Crippen LogP contribution in [0, 0.1) is 6.92 Å². The zero-order valence-corrected chi connectivity index (χ0v) is 22.0. The molecule has 0 spiro atoms. The number of hydrogen-bond acceptors (Lipinski definition) is 8. The third-order valence-corrected chi connectivity index (χ3v) is 6.52. The molecule has 0 radical (unpaired) electrons. The fraction of sp³-hybridized carbons (Fsp3) is 0.423. The number of pyridine rings is 2. The third kappa shape index (κ3) is 4.74. The Kier molecular flexibility index (Phi) is 6.32. The largest absolute Gasteiger partial charge is 0.455 e. The van der Waals surface area contributed by atoms with Gasteiger partial charge in [0.2, 0.25) is 5.95 Å². The molecule has 11 nitrogen and oxygen atoms in total. The van der Waals surface area contributed by atoms with Gasteiger partial charge in [-0.15, -0.1) is 0 Å². The van der Waals surface area contributed by atoms with E-state index in [2.05, 4.69) is 52.1 Å². The molecule has 1 fully saturated rings. The van der Waals surface area contributed by atoms with Crippen molar-refractivity contribution >= 4 is 28.8 Å². The summed E-state index contributed by atoms with van der Waals surface area (Å²) in [4.78, 5) is 25.3. The van der Waals surface area contributed by atoms with E-state index in [4.69, 9.17) is 19.6 Å². The van der Waals surface area contributed by atoms with Crippen LogP contribution in [0.25, 0.3) is 11.2 Å². The van der Waals surface area contributed by atoms with Gasteiger partial charge in [0.25, 0.3) is 5.91 Å². The van der Waals surface area contributed by atoms with Gasteiger partial charge in [0, 0.05) is 55.7 Å². The summed E-state index contributed by atoms with van der Waals surface area (Å²) in [6, 6.07) is 5.60. The number of anilines is 2. The monoisotopic (exact) mass is 504 g/mol. The maximum atomic E-state index is 11.9. The zero-order chi connectivity index (χ0) is 26.3. The fourth-order valence-electron chi connectivity index (χ4n) is 4.52. The molecule has 0 aliphatic carbocycles. The molecule has 2 N–H and O–H groups in total. The Morgan fingerprint density at radius 2 is 2.05 bits per heavy atom. The van der Waals surface area contributed by atoms with Crippen molar-refractivity contribution in [2.24, 2.45) is 7.05 Å². The van der Waals surface area contributed by atoms with Gasteiger partial charge >= 0.3 is 0 Å². The normalized spacial score (nSPS) is 15.8. The third-order valence-electron chi connectivity index (χ3n) is 6.52. The molecule has 0 saturated carbocycles. The highest BCUT2D eigenvalue weighted by Gasteiger charge is 2.28. The molecule has 4 aromatic rings. The molecule has 11 heteroatoms. The highest BCUT2D eigenvalue weighted by Crippen LogP contribution is 2.33. The van der Waals surface area contributed by atoms with Crippen LogP contribution in [0.3, 0.4) is 0 Å². The summed E-state index contributed by atoms with van der Waals surface area (Å²) >= 11 is 0. The van der Waals surface area contributed by atoms with Crippen LogP contribution in [0.4, 0.5) is 11.8 Å². The van der Waals surface area contributed by atoms with E-state index in [1.807, 2.05) is 18.5 Å². The summed E-state index contributed by atoms with van der Waals surface area (Å²) in [6.07, 6.45) is 4.13. The molecule has 1 unspecified atom stereocenters. The minimum absolute atomic E-state index is 0.0725. The number of nitrogens with zero attached hydrogens (tertiary/aromatic N) is 6. The van der Waals surface area contributed by atoms with Crippen LogP contribution in [0.1, 0.15) is 55.0 Å². The lowest BCUT2D eigenvalue weighted by Crippen LogP contribution is -2.22. The first-order valence-corrected chi connectivity index (χ1v) is 12.3. The molecule has 5 heterocycles. The minimum atomic E-state index is -0.282. The first-order chi connectivity index (χ1) is 17.7. The average Bonchev–Trinajstić information content (AvgIpc) is 3.60. The predicted molar refractivity (Wildman–Crippen MR) is 140 cm³/mol. The van der Waals surface area contributed by atoms with E-state index < -0.39 is 0 Å². The number of amides is 1. The first kappa shape index (κ1) is 24.7. The molecule has 5 rings (SSSR count). The highest BCUT2D eigenvalue weighted by molar-refractivity contribution is 5.92. The van der Waals surface area contributed by atoms with Crippen LogP contribution in [0.15, 0.2) is 30.6 Å². The number of hydrogen-bond donors (Lipinski definition) is 2. The number of aromatic nitrogens is 6. The van der Waals surface area contributed by atoms with E-state index in [-0.39, 0.29) is 23.1 Å². The Bertz CT molecular complexity index is 1460. The van der Waals surface area contributed by atoms with Gasteiger partial charge in [-0.2, -0.15) is 10.1 Å². The summed E-state index contributed by atoms with van der Waals surface area (Å²) in [6.45, 7) is 9.94. The molecular weight excluding hydrogens is 472 g/mol. The molecule has 0 bridgehead atoms. The van der Waals surface area contributed by atoms with Crippen molar-refractivity contribution in [3.05, 3.63) is 47.5 Å². The standard InChI is InChI=1S/C26H32N8O3/c1-15-19(37-17-7-9-28-18(11-17)24(35)27-5)13-29-23-22(15)33(6)25(31-23)30-21-12-20(26(2,3)4)34(32-21)16-8-10-36-14-16/h7,9,11-13,16H,8,10,14H2,1-6H3,(H,27,35)(H,29,30,31,32). The summed E-state index contributed by atoms with van der Waals surface area (Å²) in [7, 11) is 3.49. The maximum Gasteiger partial charge on any atom is 0.269 e. The Hall–Kier alpha value is -3.99. The molecule has 1 amide bonds. The van der Waals surface area contributed by atoms with Gasteiger partial charge < -0.3 is 24.7 Å². The molecule has 1 aliphatic heterocycles. The molecule has 1 atom stereocenters. The first-order valence-electron chi connectivity index (χ1n) is 12.3. The minimum Gasteiger partial charge on any atom is -0.455 e. The summed E-state index contributed by atoms with van der Waals surface area (Å²) in [5.74, 6) is 2.13. The van der Waals surface area contributed by atoms with Crippen molar-refractivity contribution in [1.29, 1.82) is 0 Å². The molecular formula is C26H32N8O3.